The van der Waals surface area contributed by atoms with Crippen LogP contribution in [0.3, 0.4) is 0 Å². The summed E-state index contributed by atoms with van der Waals surface area (Å²) in [6, 6.07) is 76.5. The van der Waals surface area contributed by atoms with E-state index >= 15 is 0 Å². The molecule has 0 heteroatoms. The highest BCUT2D eigenvalue weighted by Gasteiger charge is 2.24. The van der Waals surface area contributed by atoms with Crippen LogP contribution >= 0.6 is 0 Å². The van der Waals surface area contributed by atoms with Gasteiger partial charge in [-0.25, -0.2) is 0 Å². The third kappa shape index (κ3) is 4.42. The molecule has 56 heavy (non-hydrogen) atoms. The molecule has 0 aliphatic heterocycles. The van der Waals surface area contributed by atoms with Crippen molar-refractivity contribution in [1.82, 2.24) is 0 Å². The fourth-order valence-corrected chi connectivity index (χ4v) is 9.88. The minimum absolute atomic E-state index is 1.23. The molecule has 0 aliphatic carbocycles. The molecule has 0 saturated heterocycles. The van der Waals surface area contributed by atoms with Crippen LogP contribution in [-0.2, 0) is 0 Å². The number of benzene rings is 12. The smallest absolute Gasteiger partial charge is 0.00134 e. The van der Waals surface area contributed by atoms with Crippen molar-refractivity contribution in [3.63, 3.8) is 0 Å². The third-order valence-corrected chi connectivity index (χ3v) is 12.2. The van der Waals surface area contributed by atoms with E-state index in [1.165, 1.54) is 120 Å². The summed E-state index contributed by atoms with van der Waals surface area (Å²) >= 11 is 0. The molecule has 0 bridgehead atoms. The first-order chi connectivity index (χ1) is 27.8. The Kier molecular flexibility index (Phi) is 6.73. The first-order valence-electron chi connectivity index (χ1n) is 19.5. The third-order valence-electron chi connectivity index (χ3n) is 12.2. The molecular weight excluding hydrogens is 673 g/mol. The number of fused-ring (bicyclic) bond motifs is 7. The quantitative estimate of drug-likeness (QED) is 0.126. The van der Waals surface area contributed by atoms with Gasteiger partial charge in [-0.1, -0.05) is 200 Å². The summed E-state index contributed by atoms with van der Waals surface area (Å²) in [5.41, 5.74) is 10.0. The zero-order valence-electron chi connectivity index (χ0n) is 30.6. The largest absolute Gasteiger partial charge is 0.0622 e. The zero-order valence-corrected chi connectivity index (χ0v) is 30.6. The Morgan fingerprint density at radius 1 is 0.196 bits per heavy atom. The molecule has 0 atom stereocenters. The molecule has 0 heterocycles. The fraction of sp³-hybridized carbons (Fsp3) is 0. The lowest BCUT2D eigenvalue weighted by Crippen LogP contribution is -1.95. The molecule has 0 amide bonds. The highest BCUT2D eigenvalue weighted by atomic mass is 14.3. The van der Waals surface area contributed by atoms with Gasteiger partial charge in [-0.15, -0.1) is 0 Å². The van der Waals surface area contributed by atoms with Crippen molar-refractivity contribution in [3.05, 3.63) is 206 Å². The first-order valence-corrected chi connectivity index (χ1v) is 19.5. The van der Waals surface area contributed by atoms with Crippen LogP contribution < -0.4 is 0 Å². The standard InChI is InChI=1S/C56H34/c1-3-16-35(17-4-1)38-21-9-10-23-41(38)44-31-33-50-54-46-27-14-13-26-45(46)52(47-32-30-39(36-18-5-2-6-19-36)42-24-11-12-25-43(42)47)48-28-15-29-49(55(48)54)53-40-22-8-7-20-37(40)34-51(44)56(50)53/h1-34H. The van der Waals surface area contributed by atoms with Gasteiger partial charge in [-0.3, -0.25) is 0 Å². The lowest BCUT2D eigenvalue weighted by molar-refractivity contribution is 1.60. The molecule has 0 spiro atoms. The van der Waals surface area contributed by atoms with Crippen molar-refractivity contribution in [2.24, 2.45) is 0 Å². The van der Waals surface area contributed by atoms with Gasteiger partial charge in [-0.2, -0.15) is 0 Å². The Morgan fingerprint density at radius 2 is 0.661 bits per heavy atom. The van der Waals surface area contributed by atoms with Gasteiger partial charge in [0.25, 0.3) is 0 Å². The van der Waals surface area contributed by atoms with Crippen LogP contribution in [0.25, 0.3) is 120 Å². The maximum absolute atomic E-state index is 2.44. The van der Waals surface area contributed by atoms with Gasteiger partial charge in [0.2, 0.25) is 0 Å². The van der Waals surface area contributed by atoms with Crippen molar-refractivity contribution in [2.75, 3.05) is 0 Å². The van der Waals surface area contributed by atoms with Crippen LogP contribution in [-0.4, -0.2) is 0 Å². The molecule has 12 aromatic carbocycles. The fourth-order valence-electron chi connectivity index (χ4n) is 9.88. The summed E-state index contributed by atoms with van der Waals surface area (Å²) in [6.45, 7) is 0. The lowest BCUT2D eigenvalue weighted by atomic mass is 9.80. The van der Waals surface area contributed by atoms with Crippen molar-refractivity contribution in [3.8, 4) is 44.5 Å². The molecular formula is C56H34. The van der Waals surface area contributed by atoms with Crippen LogP contribution in [0.1, 0.15) is 0 Å². The van der Waals surface area contributed by atoms with Gasteiger partial charge in [0.1, 0.15) is 0 Å². The van der Waals surface area contributed by atoms with E-state index in [4.69, 9.17) is 0 Å². The van der Waals surface area contributed by atoms with E-state index in [2.05, 4.69) is 206 Å². The van der Waals surface area contributed by atoms with Gasteiger partial charge in [0.15, 0.2) is 0 Å². The maximum Gasteiger partial charge on any atom is -0.00134 e. The molecule has 12 aromatic rings. The topological polar surface area (TPSA) is 0 Å². The summed E-state index contributed by atoms with van der Waals surface area (Å²) in [5.74, 6) is 0. The molecule has 0 fully saturated rings. The van der Waals surface area contributed by atoms with E-state index in [1.54, 1.807) is 0 Å². The summed E-state index contributed by atoms with van der Waals surface area (Å²) in [6.07, 6.45) is 0. The highest BCUT2D eigenvalue weighted by molar-refractivity contribution is 6.44. The summed E-state index contributed by atoms with van der Waals surface area (Å²) in [5, 5.41) is 18.2. The van der Waals surface area contributed by atoms with E-state index in [0.29, 0.717) is 0 Å². The maximum atomic E-state index is 2.44. The van der Waals surface area contributed by atoms with Crippen molar-refractivity contribution in [2.45, 2.75) is 0 Å². The van der Waals surface area contributed by atoms with E-state index in [-0.39, 0.29) is 0 Å². The monoisotopic (exact) mass is 706 g/mol. The average Bonchev–Trinajstić information content (AvgIpc) is 3.27. The number of hydrogen-bond donors (Lipinski definition) is 0. The number of hydrogen-bond acceptors (Lipinski definition) is 0. The molecule has 0 aliphatic rings. The number of rotatable bonds is 4. The lowest BCUT2D eigenvalue weighted by Gasteiger charge is -2.23. The summed E-state index contributed by atoms with van der Waals surface area (Å²) in [4.78, 5) is 0. The Labute approximate surface area is 324 Å². The predicted molar refractivity (Wildman–Crippen MR) is 242 cm³/mol. The predicted octanol–water partition coefficient (Wildman–Crippen LogP) is 15.9. The van der Waals surface area contributed by atoms with Gasteiger partial charge >= 0.3 is 0 Å². The van der Waals surface area contributed by atoms with E-state index in [1.807, 2.05) is 0 Å². The van der Waals surface area contributed by atoms with E-state index < -0.39 is 0 Å². The minimum Gasteiger partial charge on any atom is -0.0622 e. The first kappa shape index (κ1) is 31.1. The molecule has 0 aromatic heterocycles. The highest BCUT2D eigenvalue weighted by Crippen LogP contribution is 2.52. The molecule has 0 nitrogen and oxygen atoms in total. The molecule has 12 rings (SSSR count). The summed E-state index contributed by atoms with van der Waals surface area (Å²) < 4.78 is 0. The molecule has 0 unspecified atom stereocenters. The van der Waals surface area contributed by atoms with Crippen molar-refractivity contribution >= 4 is 75.4 Å². The van der Waals surface area contributed by atoms with Gasteiger partial charge in [0.05, 0.1) is 0 Å². The SMILES string of the molecule is c1ccc(-c2ccccc2-c2ccc3c4c2cc2ccccc2c4c2cccc4c(-c5ccc(-c6ccccc6)c6ccccc56)c5ccccc5c3c42)cc1. The summed E-state index contributed by atoms with van der Waals surface area (Å²) in [7, 11) is 0. The van der Waals surface area contributed by atoms with Crippen LogP contribution in [0.4, 0.5) is 0 Å². The molecule has 0 saturated carbocycles. The second-order valence-corrected chi connectivity index (χ2v) is 15.1. The normalized spacial score (nSPS) is 11.9. The Balaban J connectivity index is 1.25. The van der Waals surface area contributed by atoms with Gasteiger partial charge in [-0.05, 0) is 126 Å². The van der Waals surface area contributed by atoms with Crippen LogP contribution in [0.2, 0.25) is 0 Å². The average molecular weight is 707 g/mol. The second-order valence-electron chi connectivity index (χ2n) is 15.1. The zero-order chi connectivity index (χ0) is 36.7. The Bertz CT molecular complexity index is 3500. The Hall–Kier alpha value is -7.28. The van der Waals surface area contributed by atoms with E-state index in [0.717, 1.165) is 0 Å². The van der Waals surface area contributed by atoms with Gasteiger partial charge in [0, 0.05) is 0 Å². The minimum atomic E-state index is 1.23. The van der Waals surface area contributed by atoms with Crippen molar-refractivity contribution < 1.29 is 0 Å². The van der Waals surface area contributed by atoms with Crippen molar-refractivity contribution in [1.29, 1.82) is 0 Å². The Morgan fingerprint density at radius 3 is 1.43 bits per heavy atom. The molecule has 0 radical (unpaired) electrons. The molecule has 258 valence electrons. The van der Waals surface area contributed by atoms with Crippen LogP contribution in [0.15, 0.2) is 206 Å². The van der Waals surface area contributed by atoms with E-state index in [9.17, 15) is 0 Å². The van der Waals surface area contributed by atoms with Crippen LogP contribution in [0.5, 0.6) is 0 Å². The van der Waals surface area contributed by atoms with Gasteiger partial charge < -0.3 is 0 Å². The van der Waals surface area contributed by atoms with Crippen LogP contribution in [0, 0.1) is 0 Å². The second kappa shape index (κ2) is 12.1. The molecule has 0 N–H and O–H groups in total.